The van der Waals surface area contributed by atoms with Crippen molar-refractivity contribution >= 4 is 46.2 Å². The SMILES string of the molecule is CCC(=O)Nc1ccc(N2C(=S)N[C@@H](c3ccccn3)[C@H]2c2cc(C)n(-c3cccc(Cl)c3)c2C)cc1C. The lowest BCUT2D eigenvalue weighted by Gasteiger charge is -2.29. The summed E-state index contributed by atoms with van der Waals surface area (Å²) in [6.07, 6.45) is 2.24. The van der Waals surface area contributed by atoms with Gasteiger partial charge in [-0.15, -0.1) is 0 Å². The van der Waals surface area contributed by atoms with Crippen molar-refractivity contribution in [3.63, 3.8) is 0 Å². The van der Waals surface area contributed by atoms with Crippen molar-refractivity contribution in [1.82, 2.24) is 14.9 Å². The first-order valence-corrected chi connectivity index (χ1v) is 13.4. The van der Waals surface area contributed by atoms with Gasteiger partial charge in [0.1, 0.15) is 0 Å². The molecule has 4 aromatic rings. The number of pyridine rings is 1. The molecule has 1 aliphatic rings. The van der Waals surface area contributed by atoms with Crippen LogP contribution in [0.5, 0.6) is 0 Å². The molecule has 1 amide bonds. The van der Waals surface area contributed by atoms with Gasteiger partial charge >= 0.3 is 0 Å². The Morgan fingerprint density at radius 2 is 1.87 bits per heavy atom. The molecule has 194 valence electrons. The zero-order valence-electron chi connectivity index (χ0n) is 21.8. The molecule has 0 unspecified atom stereocenters. The number of aryl methyl sites for hydroxylation is 2. The van der Waals surface area contributed by atoms with E-state index in [2.05, 4.69) is 57.1 Å². The predicted octanol–water partition coefficient (Wildman–Crippen LogP) is 6.98. The highest BCUT2D eigenvalue weighted by Gasteiger charge is 2.42. The van der Waals surface area contributed by atoms with Crippen LogP contribution < -0.4 is 15.5 Å². The monoisotopic (exact) mass is 543 g/mol. The van der Waals surface area contributed by atoms with E-state index in [0.717, 1.165) is 45.3 Å². The molecule has 8 heteroatoms. The molecule has 0 saturated carbocycles. The zero-order valence-corrected chi connectivity index (χ0v) is 23.4. The number of nitrogens with zero attached hydrogens (tertiary/aromatic N) is 3. The number of rotatable bonds is 6. The minimum Gasteiger partial charge on any atom is -0.351 e. The highest BCUT2D eigenvalue weighted by Crippen LogP contribution is 2.44. The van der Waals surface area contributed by atoms with Gasteiger partial charge in [-0.2, -0.15) is 0 Å². The first kappa shape index (κ1) is 25.9. The number of aromatic nitrogens is 2. The normalized spacial score (nSPS) is 17.0. The average molecular weight is 544 g/mol. The third-order valence-electron chi connectivity index (χ3n) is 7.04. The summed E-state index contributed by atoms with van der Waals surface area (Å²) >= 11 is 12.3. The third kappa shape index (κ3) is 4.79. The average Bonchev–Trinajstić information content (AvgIpc) is 3.40. The first-order valence-electron chi connectivity index (χ1n) is 12.6. The molecule has 5 rings (SSSR count). The number of thiocarbonyl (C=S) groups is 1. The van der Waals surface area contributed by atoms with E-state index < -0.39 is 0 Å². The number of nitrogens with one attached hydrogen (secondary N) is 2. The Kier molecular flexibility index (Phi) is 7.23. The molecule has 1 aliphatic heterocycles. The fraction of sp³-hybridized carbons (Fsp3) is 0.233. The molecular weight excluding hydrogens is 514 g/mol. The molecule has 1 fully saturated rings. The zero-order chi connectivity index (χ0) is 27.0. The lowest BCUT2D eigenvalue weighted by atomic mass is 9.96. The summed E-state index contributed by atoms with van der Waals surface area (Å²) in [5.41, 5.74) is 8.00. The number of carbonyl (C=O) groups excluding carboxylic acids is 1. The Bertz CT molecular complexity index is 1520. The van der Waals surface area contributed by atoms with Crippen molar-refractivity contribution in [3.05, 3.63) is 106 Å². The summed E-state index contributed by atoms with van der Waals surface area (Å²) in [5, 5.41) is 7.84. The number of carbonyl (C=O) groups is 1. The van der Waals surface area contributed by atoms with E-state index >= 15 is 0 Å². The summed E-state index contributed by atoms with van der Waals surface area (Å²) in [5.74, 6) is -0.0132. The lowest BCUT2D eigenvalue weighted by Crippen LogP contribution is -2.29. The van der Waals surface area contributed by atoms with Crippen molar-refractivity contribution in [1.29, 1.82) is 0 Å². The van der Waals surface area contributed by atoms with Gasteiger partial charge in [-0.25, -0.2) is 0 Å². The number of halogens is 1. The quantitative estimate of drug-likeness (QED) is 0.257. The van der Waals surface area contributed by atoms with Gasteiger partial charge in [0.05, 0.1) is 17.8 Å². The van der Waals surface area contributed by atoms with Crippen molar-refractivity contribution in [2.24, 2.45) is 0 Å². The van der Waals surface area contributed by atoms with Crippen LogP contribution in [0.1, 0.15) is 53.6 Å². The number of hydrogen-bond donors (Lipinski definition) is 2. The molecule has 2 N–H and O–H groups in total. The molecular formula is C30H30ClN5OS. The minimum atomic E-state index is -0.156. The predicted molar refractivity (Wildman–Crippen MR) is 158 cm³/mol. The maximum absolute atomic E-state index is 12.0. The van der Waals surface area contributed by atoms with Crippen molar-refractivity contribution in [2.75, 3.05) is 10.2 Å². The van der Waals surface area contributed by atoms with Crippen LogP contribution in [0, 0.1) is 20.8 Å². The van der Waals surface area contributed by atoms with Crippen molar-refractivity contribution in [3.8, 4) is 5.69 Å². The fourth-order valence-corrected chi connectivity index (χ4v) is 5.76. The fourth-order valence-electron chi connectivity index (χ4n) is 5.23. The van der Waals surface area contributed by atoms with Crippen LogP contribution in [0.4, 0.5) is 11.4 Å². The van der Waals surface area contributed by atoms with E-state index in [4.69, 9.17) is 23.8 Å². The Morgan fingerprint density at radius 3 is 2.55 bits per heavy atom. The van der Waals surface area contributed by atoms with Crippen molar-refractivity contribution in [2.45, 2.75) is 46.2 Å². The molecule has 0 bridgehead atoms. The van der Waals surface area contributed by atoms with Gasteiger partial charge < -0.3 is 20.1 Å². The standard InChI is InChI=1S/C30H30ClN5OS/c1-5-27(37)33-25-13-12-23(15-18(25)2)36-29(28(34-30(36)38)26-11-6-7-14-32-26)24-16-19(3)35(20(24)4)22-10-8-9-21(31)17-22/h6-17,28-29H,5H2,1-4H3,(H,33,37)(H,34,38)/t28-,29+/m0/s1. The van der Waals surface area contributed by atoms with Crippen molar-refractivity contribution < 1.29 is 4.79 Å². The Labute approximate surface area is 233 Å². The summed E-state index contributed by atoms with van der Waals surface area (Å²) < 4.78 is 2.23. The number of hydrogen-bond acceptors (Lipinski definition) is 3. The lowest BCUT2D eigenvalue weighted by molar-refractivity contribution is -0.115. The van der Waals surface area contributed by atoms with Crippen LogP contribution in [-0.4, -0.2) is 20.6 Å². The molecule has 38 heavy (non-hydrogen) atoms. The van der Waals surface area contributed by atoms with Gasteiger partial charge in [0, 0.05) is 46.1 Å². The van der Waals surface area contributed by atoms with Crippen LogP contribution in [0.3, 0.4) is 0 Å². The van der Waals surface area contributed by atoms with E-state index in [1.807, 2.05) is 68.6 Å². The third-order valence-corrected chi connectivity index (χ3v) is 7.59. The second-order valence-electron chi connectivity index (χ2n) is 9.54. The number of benzene rings is 2. The Hall–Kier alpha value is -3.68. The van der Waals surface area contributed by atoms with Gasteiger partial charge in [0.15, 0.2) is 5.11 Å². The van der Waals surface area contributed by atoms with Crippen LogP contribution in [0.2, 0.25) is 5.02 Å². The molecule has 2 atom stereocenters. The molecule has 0 aliphatic carbocycles. The van der Waals surface area contributed by atoms with Gasteiger partial charge in [0.2, 0.25) is 5.91 Å². The molecule has 0 spiro atoms. The van der Waals surface area contributed by atoms with E-state index in [1.54, 1.807) is 0 Å². The largest absolute Gasteiger partial charge is 0.351 e. The second-order valence-corrected chi connectivity index (χ2v) is 10.4. The minimum absolute atomic E-state index is 0.0132. The first-order chi connectivity index (χ1) is 18.3. The highest BCUT2D eigenvalue weighted by atomic mass is 35.5. The van der Waals surface area contributed by atoms with Crippen LogP contribution in [0.25, 0.3) is 5.69 Å². The number of anilines is 2. The van der Waals surface area contributed by atoms with E-state index in [-0.39, 0.29) is 18.0 Å². The molecule has 2 aromatic heterocycles. The maximum atomic E-state index is 12.0. The van der Waals surface area contributed by atoms with Gasteiger partial charge in [-0.05, 0) is 98.7 Å². The van der Waals surface area contributed by atoms with Crippen LogP contribution in [-0.2, 0) is 4.79 Å². The Balaban J connectivity index is 1.64. The molecule has 2 aromatic carbocycles. The summed E-state index contributed by atoms with van der Waals surface area (Å²) in [7, 11) is 0. The van der Waals surface area contributed by atoms with E-state index in [0.29, 0.717) is 16.6 Å². The van der Waals surface area contributed by atoms with Gasteiger partial charge in [-0.3, -0.25) is 9.78 Å². The van der Waals surface area contributed by atoms with E-state index in [1.165, 1.54) is 0 Å². The summed E-state index contributed by atoms with van der Waals surface area (Å²) in [6, 6.07) is 21.8. The van der Waals surface area contributed by atoms with Gasteiger partial charge in [-0.1, -0.05) is 30.7 Å². The molecule has 1 saturated heterocycles. The van der Waals surface area contributed by atoms with Crippen LogP contribution in [0.15, 0.2) is 72.9 Å². The number of amides is 1. The summed E-state index contributed by atoms with van der Waals surface area (Å²) in [6.45, 7) is 8.08. The maximum Gasteiger partial charge on any atom is 0.224 e. The highest BCUT2D eigenvalue weighted by molar-refractivity contribution is 7.80. The molecule has 6 nitrogen and oxygen atoms in total. The smallest absolute Gasteiger partial charge is 0.224 e. The Morgan fingerprint density at radius 1 is 1.05 bits per heavy atom. The second kappa shape index (κ2) is 10.6. The molecule has 3 heterocycles. The van der Waals surface area contributed by atoms with Gasteiger partial charge in [0.25, 0.3) is 0 Å². The summed E-state index contributed by atoms with van der Waals surface area (Å²) in [4.78, 5) is 18.8. The topological polar surface area (TPSA) is 62.2 Å². The molecule has 0 radical (unpaired) electrons. The van der Waals surface area contributed by atoms with E-state index in [9.17, 15) is 4.79 Å². The van der Waals surface area contributed by atoms with Crippen LogP contribution >= 0.6 is 23.8 Å².